The first-order valence-electron chi connectivity index (χ1n) is 7.10. The number of hydrogen-bond donors (Lipinski definition) is 2. The summed E-state index contributed by atoms with van der Waals surface area (Å²) in [7, 11) is 0. The first-order valence-corrected chi connectivity index (χ1v) is 7.10. The lowest BCUT2D eigenvalue weighted by atomic mass is 9.98. The van der Waals surface area contributed by atoms with Crippen LogP contribution >= 0.6 is 0 Å². The summed E-state index contributed by atoms with van der Waals surface area (Å²) >= 11 is 0. The van der Waals surface area contributed by atoms with Crippen molar-refractivity contribution in [2.45, 2.75) is 52.1 Å². The number of aromatic nitrogens is 2. The van der Waals surface area contributed by atoms with E-state index in [0.29, 0.717) is 12.5 Å². The Morgan fingerprint density at radius 1 is 1.53 bits per heavy atom. The topological polar surface area (TPSA) is 72.9 Å². The van der Waals surface area contributed by atoms with Crippen LogP contribution in [0.25, 0.3) is 0 Å². The maximum absolute atomic E-state index is 12.1. The first-order chi connectivity index (χ1) is 9.10. The van der Waals surface area contributed by atoms with Gasteiger partial charge in [-0.15, -0.1) is 0 Å². The van der Waals surface area contributed by atoms with Gasteiger partial charge < -0.3 is 11.1 Å². The smallest absolute Gasteiger partial charge is 0.242 e. The minimum absolute atomic E-state index is 0.00792. The fourth-order valence-corrected chi connectivity index (χ4v) is 2.95. The van der Waals surface area contributed by atoms with Crippen LogP contribution < -0.4 is 11.1 Å². The molecule has 1 aromatic rings. The van der Waals surface area contributed by atoms with E-state index in [4.69, 9.17) is 5.73 Å². The highest BCUT2D eigenvalue weighted by molar-refractivity contribution is 5.76. The second-order valence-electron chi connectivity index (χ2n) is 5.54. The average molecular weight is 264 g/mol. The molecule has 1 atom stereocenters. The van der Waals surface area contributed by atoms with Crippen molar-refractivity contribution in [3.8, 4) is 0 Å². The molecule has 5 nitrogen and oxygen atoms in total. The zero-order chi connectivity index (χ0) is 13.8. The third-order valence-electron chi connectivity index (χ3n) is 3.97. The zero-order valence-corrected chi connectivity index (χ0v) is 11.9. The number of aryl methyl sites for hydroxylation is 2. The van der Waals surface area contributed by atoms with Crippen LogP contribution in [0.15, 0.2) is 6.07 Å². The molecule has 1 unspecified atom stereocenters. The van der Waals surface area contributed by atoms with Crippen molar-refractivity contribution in [3.05, 3.63) is 17.5 Å². The van der Waals surface area contributed by atoms with E-state index >= 15 is 0 Å². The molecule has 3 N–H and O–H groups in total. The molecular formula is C14H24N4O. The molecule has 1 aliphatic carbocycles. The number of amides is 1. The maximum atomic E-state index is 12.1. The normalized spacial score (nSPS) is 17.6. The minimum atomic E-state index is 0.00792. The summed E-state index contributed by atoms with van der Waals surface area (Å²) in [4.78, 5) is 12.1. The molecule has 1 aromatic heterocycles. The number of carbonyl (C=O) groups is 1. The van der Waals surface area contributed by atoms with E-state index in [1.807, 2.05) is 19.9 Å². The van der Waals surface area contributed by atoms with E-state index < -0.39 is 0 Å². The molecule has 19 heavy (non-hydrogen) atoms. The molecule has 1 heterocycles. The quantitative estimate of drug-likeness (QED) is 0.837. The molecule has 0 spiro atoms. The number of nitrogens with zero attached hydrogens (tertiary/aromatic N) is 2. The van der Waals surface area contributed by atoms with Crippen LogP contribution in [0.1, 0.15) is 37.1 Å². The molecule has 2 rings (SSSR count). The average Bonchev–Trinajstić information content (AvgIpc) is 2.97. The van der Waals surface area contributed by atoms with Crippen LogP contribution in [-0.4, -0.2) is 28.3 Å². The second-order valence-corrected chi connectivity index (χ2v) is 5.54. The fourth-order valence-electron chi connectivity index (χ4n) is 2.95. The summed E-state index contributed by atoms with van der Waals surface area (Å²) in [6.45, 7) is 4.70. The van der Waals surface area contributed by atoms with E-state index in [1.165, 1.54) is 25.7 Å². The van der Waals surface area contributed by atoms with Crippen molar-refractivity contribution in [2.75, 3.05) is 6.54 Å². The second kappa shape index (κ2) is 6.19. The summed E-state index contributed by atoms with van der Waals surface area (Å²) in [6, 6.07) is 2.09. The Balaban J connectivity index is 1.90. The molecule has 5 heteroatoms. The highest BCUT2D eigenvalue weighted by Gasteiger charge is 2.25. The summed E-state index contributed by atoms with van der Waals surface area (Å²) < 4.78 is 1.74. The van der Waals surface area contributed by atoms with Crippen LogP contribution in [0.5, 0.6) is 0 Å². The molecule has 1 saturated carbocycles. The number of nitrogens with two attached hydrogens (primary N) is 1. The lowest BCUT2D eigenvalue weighted by Crippen LogP contribution is -2.45. The molecule has 0 aromatic carbocycles. The number of hydrogen-bond acceptors (Lipinski definition) is 3. The van der Waals surface area contributed by atoms with E-state index in [2.05, 4.69) is 10.4 Å². The van der Waals surface area contributed by atoms with Crippen molar-refractivity contribution >= 4 is 5.91 Å². The van der Waals surface area contributed by atoms with Gasteiger partial charge in [0, 0.05) is 18.3 Å². The summed E-state index contributed by atoms with van der Waals surface area (Å²) in [6.07, 6.45) is 4.88. The van der Waals surface area contributed by atoms with E-state index in [9.17, 15) is 4.79 Å². The third-order valence-corrected chi connectivity index (χ3v) is 3.97. The lowest BCUT2D eigenvalue weighted by Gasteiger charge is -2.23. The van der Waals surface area contributed by atoms with Crippen molar-refractivity contribution in [3.63, 3.8) is 0 Å². The molecule has 0 bridgehead atoms. The molecule has 1 amide bonds. The summed E-state index contributed by atoms with van der Waals surface area (Å²) in [5.74, 6) is 0.558. The van der Waals surface area contributed by atoms with Gasteiger partial charge in [0.15, 0.2) is 0 Å². The van der Waals surface area contributed by atoms with Crippen LogP contribution in [0.4, 0.5) is 0 Å². The number of carbonyl (C=O) groups excluding carboxylic acids is 1. The Labute approximate surface area is 114 Å². The van der Waals surface area contributed by atoms with E-state index in [-0.39, 0.29) is 18.5 Å². The number of nitrogens with one attached hydrogen (secondary N) is 1. The van der Waals surface area contributed by atoms with Gasteiger partial charge in [-0.1, -0.05) is 12.8 Å². The Morgan fingerprint density at radius 3 is 2.74 bits per heavy atom. The van der Waals surface area contributed by atoms with Crippen molar-refractivity contribution in [1.29, 1.82) is 0 Å². The van der Waals surface area contributed by atoms with Gasteiger partial charge in [0.05, 0.1) is 5.69 Å². The van der Waals surface area contributed by atoms with Crippen LogP contribution in [-0.2, 0) is 11.3 Å². The predicted molar refractivity (Wildman–Crippen MR) is 74.6 cm³/mol. The first kappa shape index (κ1) is 14.1. The Kier molecular flexibility index (Phi) is 4.58. The molecule has 0 radical (unpaired) electrons. The van der Waals surface area contributed by atoms with Gasteiger partial charge in [-0.3, -0.25) is 9.48 Å². The van der Waals surface area contributed by atoms with Gasteiger partial charge in [-0.05, 0) is 38.7 Å². The Hall–Kier alpha value is -1.36. The van der Waals surface area contributed by atoms with Gasteiger partial charge >= 0.3 is 0 Å². The van der Waals surface area contributed by atoms with Gasteiger partial charge in [0.1, 0.15) is 6.54 Å². The minimum Gasteiger partial charge on any atom is -0.350 e. The highest BCUT2D eigenvalue weighted by atomic mass is 16.2. The summed E-state index contributed by atoms with van der Waals surface area (Å²) in [5.41, 5.74) is 7.74. The zero-order valence-electron chi connectivity index (χ0n) is 11.9. The fraction of sp³-hybridized carbons (Fsp3) is 0.714. The largest absolute Gasteiger partial charge is 0.350 e. The van der Waals surface area contributed by atoms with E-state index in [0.717, 1.165) is 11.4 Å². The van der Waals surface area contributed by atoms with Gasteiger partial charge in [-0.25, -0.2) is 0 Å². The van der Waals surface area contributed by atoms with Gasteiger partial charge in [-0.2, -0.15) is 5.10 Å². The molecule has 1 fully saturated rings. The molecule has 0 aliphatic heterocycles. The molecule has 0 saturated heterocycles. The number of rotatable bonds is 5. The highest BCUT2D eigenvalue weighted by Crippen LogP contribution is 2.27. The Morgan fingerprint density at radius 2 is 2.21 bits per heavy atom. The van der Waals surface area contributed by atoms with Crippen LogP contribution in [0.2, 0.25) is 0 Å². The van der Waals surface area contributed by atoms with Crippen molar-refractivity contribution in [2.24, 2.45) is 11.7 Å². The van der Waals surface area contributed by atoms with E-state index in [1.54, 1.807) is 4.68 Å². The maximum Gasteiger partial charge on any atom is 0.242 e. The standard InChI is InChI=1S/C14H24N4O/c1-10-7-11(2)18(17-10)9-14(19)16-13(8-15)12-5-3-4-6-12/h7,12-13H,3-6,8-9,15H2,1-2H3,(H,16,19). The Bertz CT molecular complexity index is 435. The van der Waals surface area contributed by atoms with Crippen LogP contribution in [0, 0.1) is 19.8 Å². The summed E-state index contributed by atoms with van der Waals surface area (Å²) in [5, 5.41) is 7.37. The molecule has 1 aliphatic rings. The van der Waals surface area contributed by atoms with Gasteiger partial charge in [0.2, 0.25) is 5.91 Å². The van der Waals surface area contributed by atoms with Crippen molar-refractivity contribution < 1.29 is 4.79 Å². The SMILES string of the molecule is Cc1cc(C)n(CC(=O)NC(CN)C2CCCC2)n1. The predicted octanol–water partition coefficient (Wildman–Crippen LogP) is 1.13. The lowest BCUT2D eigenvalue weighted by molar-refractivity contribution is -0.122. The third kappa shape index (κ3) is 3.56. The van der Waals surface area contributed by atoms with Crippen LogP contribution in [0.3, 0.4) is 0 Å². The van der Waals surface area contributed by atoms with Crippen molar-refractivity contribution in [1.82, 2.24) is 15.1 Å². The molecule has 106 valence electrons. The van der Waals surface area contributed by atoms with Gasteiger partial charge in [0.25, 0.3) is 0 Å². The molecular weight excluding hydrogens is 240 g/mol. The monoisotopic (exact) mass is 264 g/mol.